The first-order valence-electron chi connectivity index (χ1n) is 9.92. The summed E-state index contributed by atoms with van der Waals surface area (Å²) in [7, 11) is -1.62. The number of rotatable bonds is 6. The van der Waals surface area contributed by atoms with Crippen LogP contribution in [0.3, 0.4) is 0 Å². The lowest BCUT2D eigenvalue weighted by Crippen LogP contribution is -2.29. The molecule has 8 nitrogen and oxygen atoms in total. The lowest BCUT2D eigenvalue weighted by molar-refractivity contribution is 0.0944. The average Bonchev–Trinajstić information content (AvgIpc) is 3.23. The molecule has 160 valence electrons. The molecule has 2 N–H and O–H groups in total. The molecule has 0 bridgehead atoms. The van der Waals surface area contributed by atoms with Crippen molar-refractivity contribution in [2.24, 2.45) is 0 Å². The largest absolute Gasteiger partial charge is 0.497 e. The van der Waals surface area contributed by atoms with Crippen molar-refractivity contribution in [1.82, 2.24) is 19.2 Å². The number of fused-ring (bicyclic) bond motifs is 2. The van der Waals surface area contributed by atoms with Crippen LogP contribution in [0, 0.1) is 0 Å². The van der Waals surface area contributed by atoms with Crippen molar-refractivity contribution < 1.29 is 17.9 Å². The highest BCUT2D eigenvalue weighted by molar-refractivity contribution is 7.88. The van der Waals surface area contributed by atoms with Gasteiger partial charge in [0.25, 0.3) is 5.91 Å². The Bertz CT molecular complexity index is 1180. The van der Waals surface area contributed by atoms with E-state index in [0.29, 0.717) is 44.7 Å². The van der Waals surface area contributed by atoms with Gasteiger partial charge in [-0.05, 0) is 48.7 Å². The normalized spacial score (nSPS) is 15.0. The Morgan fingerprint density at radius 1 is 1.23 bits per heavy atom. The number of aromatic amines is 1. The highest BCUT2D eigenvalue weighted by Gasteiger charge is 2.24. The summed E-state index contributed by atoms with van der Waals surface area (Å²) in [5, 5.41) is 4.08. The summed E-state index contributed by atoms with van der Waals surface area (Å²) >= 11 is 0. The molecule has 0 fully saturated rings. The maximum absolute atomic E-state index is 12.8. The van der Waals surface area contributed by atoms with Gasteiger partial charge in [0, 0.05) is 42.4 Å². The van der Waals surface area contributed by atoms with Crippen molar-refractivity contribution in [3.63, 3.8) is 0 Å². The molecule has 3 aromatic rings. The van der Waals surface area contributed by atoms with Gasteiger partial charge in [0.15, 0.2) is 0 Å². The predicted octanol–water partition coefficient (Wildman–Crippen LogP) is 2.12. The van der Waals surface area contributed by atoms with Gasteiger partial charge in [-0.25, -0.2) is 8.42 Å². The average molecular weight is 431 g/mol. The number of methoxy groups -OCH3 is 1. The molecule has 2 aromatic heterocycles. The number of carbonyl (C=O) groups is 1. The Labute approximate surface area is 175 Å². The van der Waals surface area contributed by atoms with Crippen LogP contribution < -0.4 is 10.1 Å². The molecule has 0 saturated heterocycles. The Morgan fingerprint density at radius 2 is 2.07 bits per heavy atom. The molecule has 1 amide bonds. The predicted molar refractivity (Wildman–Crippen MR) is 115 cm³/mol. The van der Waals surface area contributed by atoms with Crippen molar-refractivity contribution in [3.05, 3.63) is 53.5 Å². The first-order chi connectivity index (χ1) is 14.4. The van der Waals surface area contributed by atoms with Crippen LogP contribution in [0.5, 0.6) is 5.75 Å². The van der Waals surface area contributed by atoms with E-state index in [2.05, 4.69) is 10.3 Å². The number of nitrogens with one attached hydrogen (secondary N) is 2. The lowest BCUT2D eigenvalue weighted by atomic mass is 10.1. The lowest BCUT2D eigenvalue weighted by Gasteiger charge is -2.16. The molecule has 4 rings (SSSR count). The Hall–Kier alpha value is -2.78. The minimum Gasteiger partial charge on any atom is -0.497 e. The Balaban J connectivity index is 1.43. The standard InChI is InChI=1S/C21H26N4O4S/c1-29-17-5-6-19-18(12-17)15(13-23-19)8-9-22-21(26)20-7-4-16-14-24(30(2,27)28)10-3-11-25(16)20/h4-7,12-13,23H,3,8-11,14H2,1-2H3,(H,22,26). The van der Waals surface area contributed by atoms with Crippen molar-refractivity contribution in [1.29, 1.82) is 0 Å². The van der Waals surface area contributed by atoms with E-state index >= 15 is 0 Å². The van der Waals surface area contributed by atoms with Crippen LogP contribution in [-0.4, -0.2) is 54.6 Å². The second-order valence-corrected chi connectivity index (χ2v) is 9.53. The van der Waals surface area contributed by atoms with E-state index in [1.54, 1.807) is 13.2 Å². The molecule has 0 radical (unpaired) electrons. The summed E-state index contributed by atoms with van der Waals surface area (Å²) in [4.78, 5) is 16.0. The van der Waals surface area contributed by atoms with Crippen LogP contribution >= 0.6 is 0 Å². The highest BCUT2D eigenvalue weighted by atomic mass is 32.2. The quantitative estimate of drug-likeness (QED) is 0.626. The summed E-state index contributed by atoms with van der Waals surface area (Å²) in [6.07, 6.45) is 4.54. The van der Waals surface area contributed by atoms with Gasteiger partial charge in [-0.1, -0.05) is 0 Å². The van der Waals surface area contributed by atoms with Gasteiger partial charge in [0.05, 0.1) is 19.9 Å². The van der Waals surface area contributed by atoms with Crippen LogP contribution in [-0.2, 0) is 29.5 Å². The van der Waals surface area contributed by atoms with E-state index in [4.69, 9.17) is 4.74 Å². The number of amides is 1. The molecule has 0 saturated carbocycles. The number of aromatic nitrogens is 2. The molecule has 9 heteroatoms. The van der Waals surface area contributed by atoms with Gasteiger partial charge < -0.3 is 19.6 Å². The molecule has 3 heterocycles. The third-order valence-corrected chi connectivity index (χ3v) is 6.80. The molecule has 1 aromatic carbocycles. The van der Waals surface area contributed by atoms with E-state index in [0.717, 1.165) is 27.9 Å². The number of benzene rings is 1. The Morgan fingerprint density at radius 3 is 2.83 bits per heavy atom. The summed E-state index contributed by atoms with van der Waals surface area (Å²) < 4.78 is 32.5. The van der Waals surface area contributed by atoms with Crippen LogP contribution in [0.1, 0.15) is 28.2 Å². The molecule has 0 unspecified atom stereocenters. The topological polar surface area (TPSA) is 96.4 Å². The summed E-state index contributed by atoms with van der Waals surface area (Å²) in [6.45, 7) is 1.88. The molecule has 1 aliphatic rings. The number of sulfonamides is 1. The first-order valence-corrected chi connectivity index (χ1v) is 11.8. The fraction of sp³-hybridized carbons (Fsp3) is 0.381. The van der Waals surface area contributed by atoms with Crippen LogP contribution in [0.15, 0.2) is 36.5 Å². The molecule has 0 aliphatic carbocycles. The maximum atomic E-state index is 12.8. The highest BCUT2D eigenvalue weighted by Crippen LogP contribution is 2.24. The van der Waals surface area contributed by atoms with Gasteiger partial charge in [-0.2, -0.15) is 4.31 Å². The molecule has 0 atom stereocenters. The number of hydrogen-bond acceptors (Lipinski definition) is 4. The monoisotopic (exact) mass is 430 g/mol. The third-order valence-electron chi connectivity index (χ3n) is 5.55. The molecule has 0 spiro atoms. The van der Waals surface area contributed by atoms with Gasteiger partial charge in [-0.15, -0.1) is 0 Å². The second-order valence-electron chi connectivity index (χ2n) is 7.54. The van der Waals surface area contributed by atoms with Crippen molar-refractivity contribution in [2.75, 3.05) is 26.5 Å². The van der Waals surface area contributed by atoms with Gasteiger partial charge in [-0.3, -0.25) is 4.79 Å². The number of carbonyl (C=O) groups excluding carboxylic acids is 1. The second kappa shape index (κ2) is 8.16. The molecular formula is C21H26N4O4S. The zero-order valence-corrected chi connectivity index (χ0v) is 18.0. The molecule has 1 aliphatic heterocycles. The third kappa shape index (κ3) is 4.08. The van der Waals surface area contributed by atoms with Crippen LogP contribution in [0.4, 0.5) is 0 Å². The maximum Gasteiger partial charge on any atom is 0.267 e. The van der Waals surface area contributed by atoms with Crippen LogP contribution in [0.25, 0.3) is 10.9 Å². The first kappa shape index (κ1) is 20.5. The van der Waals surface area contributed by atoms with Crippen LogP contribution in [0.2, 0.25) is 0 Å². The SMILES string of the molecule is COc1ccc2[nH]cc(CCNC(=O)c3ccc4n3CCCN(S(C)(=O)=O)C4)c2c1. The van der Waals surface area contributed by atoms with E-state index < -0.39 is 10.0 Å². The number of hydrogen-bond donors (Lipinski definition) is 2. The smallest absolute Gasteiger partial charge is 0.267 e. The van der Waals surface area contributed by atoms with E-state index in [-0.39, 0.29) is 5.91 Å². The fourth-order valence-electron chi connectivity index (χ4n) is 3.95. The zero-order valence-electron chi connectivity index (χ0n) is 17.1. The molecular weight excluding hydrogens is 404 g/mol. The summed E-state index contributed by atoms with van der Waals surface area (Å²) in [6, 6.07) is 9.49. The number of ether oxygens (including phenoxy) is 1. The van der Waals surface area contributed by atoms with E-state index in [1.165, 1.54) is 10.6 Å². The van der Waals surface area contributed by atoms with Crippen molar-refractivity contribution >= 4 is 26.8 Å². The summed E-state index contributed by atoms with van der Waals surface area (Å²) in [5.41, 5.74) is 3.55. The minimum atomic E-state index is -3.26. The summed E-state index contributed by atoms with van der Waals surface area (Å²) in [5.74, 6) is 0.651. The van der Waals surface area contributed by atoms with Crippen molar-refractivity contribution in [3.8, 4) is 5.75 Å². The minimum absolute atomic E-state index is 0.147. The van der Waals surface area contributed by atoms with Gasteiger partial charge >= 0.3 is 0 Å². The molecule has 30 heavy (non-hydrogen) atoms. The fourth-order valence-corrected chi connectivity index (χ4v) is 4.78. The number of H-pyrrole nitrogens is 1. The van der Waals surface area contributed by atoms with Crippen molar-refractivity contribution in [2.45, 2.75) is 25.9 Å². The van der Waals surface area contributed by atoms with Gasteiger partial charge in [0.1, 0.15) is 11.4 Å². The Kier molecular flexibility index (Phi) is 5.57. The van der Waals surface area contributed by atoms with Gasteiger partial charge in [0.2, 0.25) is 10.0 Å². The van der Waals surface area contributed by atoms with E-state index in [1.807, 2.05) is 35.0 Å². The number of nitrogens with zero attached hydrogens (tertiary/aromatic N) is 2. The zero-order chi connectivity index (χ0) is 21.3. The van der Waals surface area contributed by atoms with E-state index in [9.17, 15) is 13.2 Å².